The zero-order valence-electron chi connectivity index (χ0n) is 12.3. The summed E-state index contributed by atoms with van der Waals surface area (Å²) in [6.45, 7) is 7.67. The van der Waals surface area contributed by atoms with Crippen molar-refractivity contribution < 1.29 is 13.2 Å². The van der Waals surface area contributed by atoms with Crippen LogP contribution in [0.2, 0.25) is 0 Å². The van der Waals surface area contributed by atoms with Crippen LogP contribution in [0.1, 0.15) is 27.2 Å². The van der Waals surface area contributed by atoms with E-state index in [9.17, 15) is 8.42 Å². The van der Waals surface area contributed by atoms with E-state index in [2.05, 4.69) is 10.0 Å². The summed E-state index contributed by atoms with van der Waals surface area (Å²) < 4.78 is 31.7. The Hall–Kier alpha value is -1.11. The lowest BCUT2D eigenvalue weighted by atomic mass is 10.3. The molecule has 1 aromatic carbocycles. The maximum Gasteiger partial charge on any atom is 0.240 e. The molecule has 0 atom stereocenters. The molecular formula is C14H24N2O3S. The molecule has 0 fully saturated rings. The highest BCUT2D eigenvalue weighted by atomic mass is 32.2. The van der Waals surface area contributed by atoms with Crippen molar-refractivity contribution in [1.29, 1.82) is 0 Å². The van der Waals surface area contributed by atoms with Crippen LogP contribution in [0.25, 0.3) is 0 Å². The Morgan fingerprint density at radius 2 is 1.80 bits per heavy atom. The fraction of sp³-hybridized carbons (Fsp3) is 0.571. The number of benzene rings is 1. The highest BCUT2D eigenvalue weighted by Crippen LogP contribution is 2.13. The summed E-state index contributed by atoms with van der Waals surface area (Å²) >= 11 is 0. The molecule has 0 amide bonds. The van der Waals surface area contributed by atoms with Gasteiger partial charge in [-0.05, 0) is 44.5 Å². The summed E-state index contributed by atoms with van der Waals surface area (Å²) in [6.07, 6.45) is 0.989. The number of hydrogen-bond acceptors (Lipinski definition) is 4. The van der Waals surface area contributed by atoms with Crippen LogP contribution in [0.4, 0.5) is 5.69 Å². The van der Waals surface area contributed by atoms with Gasteiger partial charge in [-0.3, -0.25) is 0 Å². The lowest BCUT2D eigenvalue weighted by Gasteiger charge is -2.10. The van der Waals surface area contributed by atoms with Crippen molar-refractivity contribution >= 4 is 15.7 Å². The van der Waals surface area contributed by atoms with Crippen LogP contribution in [-0.2, 0) is 14.8 Å². The third-order valence-electron chi connectivity index (χ3n) is 2.59. The number of anilines is 1. The molecule has 0 saturated heterocycles. The minimum Gasteiger partial charge on any atom is -0.383 e. The van der Waals surface area contributed by atoms with Crippen LogP contribution < -0.4 is 10.0 Å². The van der Waals surface area contributed by atoms with Gasteiger partial charge in [0.25, 0.3) is 0 Å². The maximum absolute atomic E-state index is 11.9. The van der Waals surface area contributed by atoms with Gasteiger partial charge in [0.1, 0.15) is 0 Å². The molecule has 0 aliphatic carbocycles. The van der Waals surface area contributed by atoms with E-state index >= 15 is 0 Å². The lowest BCUT2D eigenvalue weighted by Crippen LogP contribution is -2.24. The average Bonchev–Trinajstić information content (AvgIpc) is 2.42. The van der Waals surface area contributed by atoms with E-state index in [1.165, 1.54) is 0 Å². The Morgan fingerprint density at radius 3 is 2.35 bits per heavy atom. The van der Waals surface area contributed by atoms with E-state index in [1.54, 1.807) is 24.3 Å². The van der Waals surface area contributed by atoms with Crippen molar-refractivity contribution in [3.05, 3.63) is 24.3 Å². The van der Waals surface area contributed by atoms with Crippen molar-refractivity contribution in [1.82, 2.24) is 4.72 Å². The van der Waals surface area contributed by atoms with Crippen molar-refractivity contribution in [2.24, 2.45) is 0 Å². The minimum atomic E-state index is -3.38. The predicted molar refractivity (Wildman–Crippen MR) is 81.5 cm³/mol. The van der Waals surface area contributed by atoms with Crippen molar-refractivity contribution in [3.63, 3.8) is 0 Å². The summed E-state index contributed by atoms with van der Waals surface area (Å²) in [6, 6.07) is 6.72. The Balaban J connectivity index is 2.52. The van der Waals surface area contributed by atoms with Gasteiger partial charge in [0.2, 0.25) is 10.0 Å². The molecule has 0 saturated carbocycles. The topological polar surface area (TPSA) is 67.4 Å². The molecule has 0 radical (unpaired) electrons. The Morgan fingerprint density at radius 1 is 1.15 bits per heavy atom. The molecule has 0 aliphatic rings. The molecule has 0 heterocycles. The smallest absolute Gasteiger partial charge is 0.240 e. The molecule has 5 nitrogen and oxygen atoms in total. The van der Waals surface area contributed by atoms with E-state index in [0.29, 0.717) is 19.7 Å². The van der Waals surface area contributed by atoms with Gasteiger partial charge in [0.05, 0.1) is 17.6 Å². The number of ether oxygens (including phenoxy) is 1. The van der Waals surface area contributed by atoms with Crippen LogP contribution in [0, 0.1) is 0 Å². The first-order chi connectivity index (χ1) is 9.45. The van der Waals surface area contributed by atoms with Crippen molar-refractivity contribution in [2.45, 2.75) is 38.2 Å². The molecule has 1 aromatic rings. The molecule has 0 unspecified atom stereocenters. The van der Waals surface area contributed by atoms with Gasteiger partial charge in [-0.2, -0.15) is 0 Å². The van der Waals surface area contributed by atoms with E-state index in [-0.39, 0.29) is 11.0 Å². The largest absolute Gasteiger partial charge is 0.383 e. The van der Waals surface area contributed by atoms with E-state index in [4.69, 9.17) is 4.74 Å². The lowest BCUT2D eigenvalue weighted by molar-refractivity contribution is 0.0870. The second-order valence-corrected chi connectivity index (χ2v) is 6.54. The number of hydrogen-bond donors (Lipinski definition) is 2. The van der Waals surface area contributed by atoms with E-state index in [1.807, 2.05) is 20.8 Å². The fourth-order valence-electron chi connectivity index (χ4n) is 1.56. The average molecular weight is 300 g/mol. The second-order valence-electron chi connectivity index (χ2n) is 4.77. The van der Waals surface area contributed by atoms with Crippen LogP contribution >= 0.6 is 0 Å². The molecule has 114 valence electrons. The summed E-state index contributed by atoms with van der Waals surface area (Å²) in [7, 11) is -3.38. The van der Waals surface area contributed by atoms with Gasteiger partial charge in [0.15, 0.2) is 0 Å². The summed E-state index contributed by atoms with van der Waals surface area (Å²) in [5, 5.41) is 3.18. The molecule has 6 heteroatoms. The quantitative estimate of drug-likeness (QED) is 0.686. The highest BCUT2D eigenvalue weighted by molar-refractivity contribution is 7.89. The van der Waals surface area contributed by atoms with E-state index < -0.39 is 10.0 Å². The summed E-state index contributed by atoms with van der Waals surface area (Å²) in [5.74, 6) is 0. The van der Waals surface area contributed by atoms with Crippen LogP contribution in [0.5, 0.6) is 0 Å². The SMILES string of the molecule is CCCNS(=O)(=O)c1ccc(NCCOC(C)C)cc1. The number of nitrogens with one attached hydrogen (secondary N) is 2. The first-order valence-corrected chi connectivity index (χ1v) is 8.39. The van der Waals surface area contributed by atoms with Gasteiger partial charge in [-0.15, -0.1) is 0 Å². The highest BCUT2D eigenvalue weighted by Gasteiger charge is 2.12. The first kappa shape index (κ1) is 16.9. The molecule has 2 N–H and O–H groups in total. The molecule has 0 aliphatic heterocycles. The van der Waals surface area contributed by atoms with Crippen molar-refractivity contribution in [2.75, 3.05) is 25.0 Å². The van der Waals surface area contributed by atoms with Gasteiger partial charge in [0, 0.05) is 18.8 Å². The van der Waals surface area contributed by atoms with Gasteiger partial charge in [-0.25, -0.2) is 13.1 Å². The van der Waals surface area contributed by atoms with Gasteiger partial charge < -0.3 is 10.1 Å². The predicted octanol–water partition coefficient (Wildman–Crippen LogP) is 2.21. The molecule has 0 spiro atoms. The molecule has 0 bridgehead atoms. The van der Waals surface area contributed by atoms with Crippen LogP contribution in [-0.4, -0.2) is 34.2 Å². The third kappa shape index (κ3) is 5.90. The second kappa shape index (κ2) is 8.24. The maximum atomic E-state index is 11.9. The third-order valence-corrected chi connectivity index (χ3v) is 4.07. The number of sulfonamides is 1. The zero-order valence-corrected chi connectivity index (χ0v) is 13.2. The Kier molecular flexibility index (Phi) is 6.98. The standard InChI is InChI=1S/C14H24N2O3S/c1-4-9-16-20(17,18)14-7-5-13(6-8-14)15-10-11-19-12(2)3/h5-8,12,15-16H,4,9-11H2,1-3H3. The molecular weight excluding hydrogens is 276 g/mol. The number of rotatable bonds is 9. The molecule has 1 rings (SSSR count). The normalized spacial score (nSPS) is 11.8. The Bertz CT molecular complexity index is 484. The van der Waals surface area contributed by atoms with Gasteiger partial charge in [-0.1, -0.05) is 6.92 Å². The molecule has 0 aromatic heterocycles. The fourth-order valence-corrected chi connectivity index (χ4v) is 2.70. The Labute approximate surface area is 121 Å². The minimum absolute atomic E-state index is 0.217. The first-order valence-electron chi connectivity index (χ1n) is 6.91. The molecule has 20 heavy (non-hydrogen) atoms. The monoisotopic (exact) mass is 300 g/mol. The summed E-state index contributed by atoms with van der Waals surface area (Å²) in [4.78, 5) is 0.287. The van der Waals surface area contributed by atoms with E-state index in [0.717, 1.165) is 12.1 Å². The summed E-state index contributed by atoms with van der Waals surface area (Å²) in [5.41, 5.74) is 0.881. The van der Waals surface area contributed by atoms with Gasteiger partial charge >= 0.3 is 0 Å². The van der Waals surface area contributed by atoms with Crippen molar-refractivity contribution in [3.8, 4) is 0 Å². The van der Waals surface area contributed by atoms with Crippen LogP contribution in [0.15, 0.2) is 29.2 Å². The zero-order chi connectivity index (χ0) is 15.0. The van der Waals surface area contributed by atoms with Crippen LogP contribution in [0.3, 0.4) is 0 Å².